The van der Waals surface area contributed by atoms with Gasteiger partial charge in [-0.3, -0.25) is 4.79 Å². The number of hydrogen-bond acceptors (Lipinski definition) is 1. The Morgan fingerprint density at radius 3 is 2.06 bits per heavy atom. The van der Waals surface area contributed by atoms with E-state index in [-0.39, 0.29) is 5.78 Å². The van der Waals surface area contributed by atoms with Crippen molar-refractivity contribution in [3.8, 4) is 0 Å². The minimum Gasteiger partial charge on any atom is -0.294 e. The summed E-state index contributed by atoms with van der Waals surface area (Å²) in [5.41, 5.74) is 5.52. The van der Waals surface area contributed by atoms with E-state index in [0.717, 1.165) is 23.1 Å². The fraction of sp³-hybridized carbons (Fsp3) is 0.500. The first-order chi connectivity index (χ1) is 7.49. The lowest BCUT2D eigenvalue weighted by Gasteiger charge is -2.14. The summed E-state index contributed by atoms with van der Waals surface area (Å²) in [4.78, 5) is 12.1. The van der Waals surface area contributed by atoms with Crippen molar-refractivity contribution in [1.29, 1.82) is 0 Å². The molecule has 2 heteroatoms. The molecule has 0 fully saturated rings. The molecule has 1 aromatic rings. The Kier molecular flexibility index (Phi) is 4.55. The van der Waals surface area contributed by atoms with Crippen molar-refractivity contribution in [3.63, 3.8) is 0 Å². The van der Waals surface area contributed by atoms with Crippen molar-refractivity contribution < 1.29 is 4.79 Å². The molecule has 0 spiro atoms. The largest absolute Gasteiger partial charge is 0.294 e. The van der Waals surface area contributed by atoms with E-state index in [0.29, 0.717) is 12.3 Å². The van der Waals surface area contributed by atoms with Gasteiger partial charge in [-0.15, -0.1) is 11.6 Å². The first kappa shape index (κ1) is 13.2. The Labute approximate surface area is 103 Å². The molecule has 0 atom stereocenters. The van der Waals surface area contributed by atoms with Crippen molar-refractivity contribution in [1.82, 2.24) is 0 Å². The quantitative estimate of drug-likeness (QED) is 0.570. The van der Waals surface area contributed by atoms with Crippen LogP contribution in [0.4, 0.5) is 0 Å². The van der Waals surface area contributed by atoms with Gasteiger partial charge in [0, 0.05) is 17.9 Å². The predicted octanol–water partition coefficient (Wildman–Crippen LogP) is 4.12. The minimum absolute atomic E-state index is 0.224. The van der Waals surface area contributed by atoms with Crippen LogP contribution in [0.3, 0.4) is 0 Å². The van der Waals surface area contributed by atoms with Crippen LogP contribution in [0.25, 0.3) is 0 Å². The molecular weight excluding hydrogens is 220 g/mol. The molecule has 0 radical (unpaired) electrons. The summed E-state index contributed by atoms with van der Waals surface area (Å²) in [7, 11) is 0. The molecule has 0 saturated heterocycles. The molecule has 0 aliphatic rings. The molecule has 0 heterocycles. The van der Waals surface area contributed by atoms with E-state index in [9.17, 15) is 4.79 Å². The lowest BCUT2D eigenvalue weighted by atomic mass is 9.90. The van der Waals surface area contributed by atoms with Crippen LogP contribution in [-0.4, -0.2) is 11.7 Å². The number of carbonyl (C=O) groups is 1. The second kappa shape index (κ2) is 5.49. The second-order valence-corrected chi connectivity index (χ2v) is 4.73. The van der Waals surface area contributed by atoms with E-state index in [1.54, 1.807) is 0 Å². The fourth-order valence-electron chi connectivity index (χ4n) is 1.99. The van der Waals surface area contributed by atoms with Gasteiger partial charge in [-0.05, 0) is 56.4 Å². The van der Waals surface area contributed by atoms with E-state index in [1.807, 2.05) is 13.8 Å². The van der Waals surface area contributed by atoms with Crippen molar-refractivity contribution in [2.45, 2.75) is 40.5 Å². The summed E-state index contributed by atoms with van der Waals surface area (Å²) in [5, 5.41) is 0. The Morgan fingerprint density at radius 2 is 1.62 bits per heavy atom. The number of hydrogen-bond donors (Lipinski definition) is 0. The van der Waals surface area contributed by atoms with Crippen LogP contribution in [0.1, 0.15) is 45.5 Å². The summed E-state index contributed by atoms with van der Waals surface area (Å²) >= 11 is 5.62. The Balaban J connectivity index is 3.16. The number of carbonyl (C=O) groups excluding carboxylic acids is 1. The Bertz CT molecular complexity index is 381. The van der Waals surface area contributed by atoms with E-state index >= 15 is 0 Å². The first-order valence-electron chi connectivity index (χ1n) is 5.65. The zero-order valence-corrected chi connectivity index (χ0v) is 11.2. The minimum atomic E-state index is 0.224. The molecular formula is C14H19ClO. The van der Waals surface area contributed by atoms with Crippen molar-refractivity contribution in [2.24, 2.45) is 0 Å². The maximum absolute atomic E-state index is 12.1. The van der Waals surface area contributed by atoms with Gasteiger partial charge in [0.15, 0.2) is 5.78 Å². The average Bonchev–Trinajstić information content (AvgIpc) is 2.24. The zero-order valence-electron chi connectivity index (χ0n) is 10.5. The number of halogens is 1. The molecule has 0 aliphatic heterocycles. The molecule has 88 valence electrons. The van der Waals surface area contributed by atoms with Gasteiger partial charge in [0.1, 0.15) is 0 Å². The van der Waals surface area contributed by atoms with Crippen LogP contribution < -0.4 is 0 Å². The average molecular weight is 239 g/mol. The van der Waals surface area contributed by atoms with Crippen LogP contribution in [0.2, 0.25) is 0 Å². The van der Waals surface area contributed by atoms with Crippen molar-refractivity contribution in [2.75, 3.05) is 5.88 Å². The molecule has 0 bridgehead atoms. The summed E-state index contributed by atoms with van der Waals surface area (Å²) < 4.78 is 0. The molecule has 0 N–H and O–H groups in total. The molecule has 0 aliphatic carbocycles. The molecule has 0 aromatic heterocycles. The molecule has 16 heavy (non-hydrogen) atoms. The third kappa shape index (κ3) is 2.65. The first-order valence-corrected chi connectivity index (χ1v) is 6.19. The second-order valence-electron chi connectivity index (χ2n) is 4.35. The lowest BCUT2D eigenvalue weighted by molar-refractivity contribution is 0.0980. The SMILES string of the molecule is Cc1cc(C)c(C)c(C(=O)CCCCl)c1C. The van der Waals surface area contributed by atoms with Crippen LogP contribution in [0, 0.1) is 27.7 Å². The topological polar surface area (TPSA) is 17.1 Å². The summed E-state index contributed by atoms with van der Waals surface area (Å²) in [6, 6.07) is 2.14. The number of aryl methyl sites for hydroxylation is 2. The van der Waals surface area contributed by atoms with Crippen molar-refractivity contribution >= 4 is 17.4 Å². The van der Waals surface area contributed by atoms with Crippen LogP contribution in [0.15, 0.2) is 6.07 Å². The summed E-state index contributed by atoms with van der Waals surface area (Å²) in [5.74, 6) is 0.775. The van der Waals surface area contributed by atoms with Gasteiger partial charge in [0.05, 0.1) is 0 Å². The molecule has 1 rings (SSSR count). The van der Waals surface area contributed by atoms with E-state index < -0.39 is 0 Å². The van der Waals surface area contributed by atoms with Gasteiger partial charge < -0.3 is 0 Å². The highest BCUT2D eigenvalue weighted by atomic mass is 35.5. The Morgan fingerprint density at radius 1 is 1.12 bits per heavy atom. The summed E-state index contributed by atoms with van der Waals surface area (Å²) in [6.45, 7) is 8.16. The summed E-state index contributed by atoms with van der Waals surface area (Å²) in [6.07, 6.45) is 1.31. The smallest absolute Gasteiger partial charge is 0.163 e. The third-order valence-electron chi connectivity index (χ3n) is 3.18. The fourth-order valence-corrected chi connectivity index (χ4v) is 2.12. The van der Waals surface area contributed by atoms with Crippen LogP contribution >= 0.6 is 11.6 Å². The molecule has 0 saturated carbocycles. The van der Waals surface area contributed by atoms with E-state index in [1.165, 1.54) is 11.1 Å². The Hall–Kier alpha value is -0.820. The number of ketones is 1. The third-order valence-corrected chi connectivity index (χ3v) is 3.45. The lowest BCUT2D eigenvalue weighted by Crippen LogP contribution is -2.07. The van der Waals surface area contributed by atoms with E-state index in [4.69, 9.17) is 11.6 Å². The maximum atomic E-state index is 12.1. The number of Topliss-reactive ketones (excluding diaryl/α,β-unsaturated/α-hetero) is 1. The van der Waals surface area contributed by atoms with Gasteiger partial charge in [0.25, 0.3) is 0 Å². The van der Waals surface area contributed by atoms with E-state index in [2.05, 4.69) is 19.9 Å². The number of rotatable bonds is 4. The van der Waals surface area contributed by atoms with Gasteiger partial charge in [-0.25, -0.2) is 0 Å². The number of benzene rings is 1. The molecule has 0 amide bonds. The maximum Gasteiger partial charge on any atom is 0.163 e. The van der Waals surface area contributed by atoms with Crippen molar-refractivity contribution in [3.05, 3.63) is 33.9 Å². The van der Waals surface area contributed by atoms with Crippen LogP contribution in [-0.2, 0) is 0 Å². The standard InChI is InChI=1S/C14H19ClO/c1-9-8-10(2)12(4)14(11(9)3)13(16)6-5-7-15/h8H,5-7H2,1-4H3. The zero-order chi connectivity index (χ0) is 12.3. The van der Waals surface area contributed by atoms with Gasteiger partial charge >= 0.3 is 0 Å². The van der Waals surface area contributed by atoms with Gasteiger partial charge in [-0.2, -0.15) is 0 Å². The molecule has 1 nitrogen and oxygen atoms in total. The molecule has 1 aromatic carbocycles. The highest BCUT2D eigenvalue weighted by molar-refractivity contribution is 6.18. The normalized spacial score (nSPS) is 10.6. The monoisotopic (exact) mass is 238 g/mol. The van der Waals surface area contributed by atoms with Gasteiger partial charge in [0.2, 0.25) is 0 Å². The van der Waals surface area contributed by atoms with Gasteiger partial charge in [-0.1, -0.05) is 6.07 Å². The number of alkyl halides is 1. The predicted molar refractivity (Wildman–Crippen MR) is 69.7 cm³/mol. The highest BCUT2D eigenvalue weighted by Crippen LogP contribution is 2.23. The highest BCUT2D eigenvalue weighted by Gasteiger charge is 2.14. The van der Waals surface area contributed by atoms with Crippen LogP contribution in [0.5, 0.6) is 0 Å². The molecule has 0 unspecified atom stereocenters.